The summed E-state index contributed by atoms with van der Waals surface area (Å²) in [6, 6.07) is 4.91. The van der Waals surface area contributed by atoms with Crippen molar-refractivity contribution in [2.75, 3.05) is 5.75 Å². The lowest BCUT2D eigenvalue weighted by Crippen LogP contribution is -2.02. The van der Waals surface area contributed by atoms with Crippen LogP contribution in [0.4, 0.5) is 14.5 Å². The smallest absolute Gasteiger partial charge is 0.387 e. The van der Waals surface area contributed by atoms with E-state index < -0.39 is 6.61 Å². The zero-order chi connectivity index (χ0) is 11.3. The molecule has 0 atom stereocenters. The van der Waals surface area contributed by atoms with Gasteiger partial charge in [-0.15, -0.1) is 11.8 Å². The van der Waals surface area contributed by atoms with Gasteiger partial charge in [0.05, 0.1) is 0 Å². The molecule has 15 heavy (non-hydrogen) atoms. The molecule has 0 amide bonds. The Balaban J connectivity index is 3.04. The molecule has 0 saturated carbocycles. The first-order valence-corrected chi connectivity index (χ1v) is 5.35. The molecule has 0 aliphatic rings. The SMILES string of the molecule is C=Nc1c(OC(F)F)cccc1SCC. The molecule has 0 fully saturated rings. The number of alkyl halides is 2. The molecule has 0 aliphatic heterocycles. The molecule has 0 N–H and O–H groups in total. The lowest BCUT2D eigenvalue weighted by Gasteiger charge is -2.10. The molecule has 0 heterocycles. The highest BCUT2D eigenvalue weighted by Crippen LogP contribution is 2.37. The Hall–Kier alpha value is -1.10. The summed E-state index contributed by atoms with van der Waals surface area (Å²) >= 11 is 1.51. The topological polar surface area (TPSA) is 21.6 Å². The molecule has 0 aliphatic carbocycles. The Labute approximate surface area is 91.4 Å². The number of benzene rings is 1. The summed E-state index contributed by atoms with van der Waals surface area (Å²) in [5, 5.41) is 0. The van der Waals surface area contributed by atoms with Crippen LogP contribution >= 0.6 is 11.8 Å². The summed E-state index contributed by atoms with van der Waals surface area (Å²) in [4.78, 5) is 4.51. The minimum Gasteiger partial charge on any atom is -0.432 e. The standard InChI is InChI=1S/C10H11F2NOS/c1-3-15-8-6-4-5-7(9(8)13-2)14-10(11)12/h4-6,10H,2-3H2,1H3. The molecular formula is C10H11F2NOS. The second-order valence-corrected chi connectivity index (χ2v) is 3.88. The zero-order valence-electron chi connectivity index (χ0n) is 8.24. The summed E-state index contributed by atoms with van der Waals surface area (Å²) in [6.07, 6.45) is 0. The van der Waals surface area contributed by atoms with Crippen LogP contribution in [0.5, 0.6) is 5.75 Å². The Morgan fingerprint density at radius 3 is 2.80 bits per heavy atom. The van der Waals surface area contributed by atoms with Gasteiger partial charge in [0.1, 0.15) is 5.69 Å². The van der Waals surface area contributed by atoms with E-state index >= 15 is 0 Å². The van der Waals surface area contributed by atoms with E-state index in [1.54, 1.807) is 12.1 Å². The van der Waals surface area contributed by atoms with Gasteiger partial charge < -0.3 is 4.74 Å². The Bertz CT molecular complexity index is 344. The molecule has 1 rings (SSSR count). The third-order valence-corrected chi connectivity index (χ3v) is 2.57. The lowest BCUT2D eigenvalue weighted by molar-refractivity contribution is -0.0495. The third kappa shape index (κ3) is 3.20. The molecule has 1 aromatic carbocycles. The molecule has 0 unspecified atom stereocenters. The fraction of sp³-hybridized carbons (Fsp3) is 0.300. The second-order valence-electron chi connectivity index (χ2n) is 2.57. The highest BCUT2D eigenvalue weighted by molar-refractivity contribution is 7.99. The number of nitrogens with zero attached hydrogens (tertiary/aromatic N) is 1. The number of thioether (sulfide) groups is 1. The van der Waals surface area contributed by atoms with Crippen molar-refractivity contribution < 1.29 is 13.5 Å². The summed E-state index contributed by atoms with van der Waals surface area (Å²) in [7, 11) is 0. The molecular weight excluding hydrogens is 220 g/mol. The van der Waals surface area contributed by atoms with Gasteiger partial charge in [-0.3, -0.25) is 4.99 Å². The first kappa shape index (κ1) is 12.0. The first-order chi connectivity index (χ1) is 7.19. The van der Waals surface area contributed by atoms with Crippen LogP contribution in [0.2, 0.25) is 0 Å². The van der Waals surface area contributed by atoms with Gasteiger partial charge in [-0.25, -0.2) is 0 Å². The van der Waals surface area contributed by atoms with Crippen molar-refractivity contribution in [3.05, 3.63) is 18.2 Å². The maximum Gasteiger partial charge on any atom is 0.387 e. The summed E-state index contributed by atoms with van der Waals surface area (Å²) in [6.45, 7) is 2.48. The van der Waals surface area contributed by atoms with E-state index in [1.807, 2.05) is 6.92 Å². The number of rotatable bonds is 5. The van der Waals surface area contributed by atoms with Crippen molar-refractivity contribution in [2.45, 2.75) is 18.4 Å². The zero-order valence-corrected chi connectivity index (χ0v) is 9.06. The average Bonchev–Trinajstić information content (AvgIpc) is 2.18. The molecule has 0 radical (unpaired) electrons. The molecule has 82 valence electrons. The van der Waals surface area contributed by atoms with Crippen LogP contribution in [-0.2, 0) is 0 Å². The fourth-order valence-corrected chi connectivity index (χ4v) is 1.91. The minimum atomic E-state index is -2.84. The van der Waals surface area contributed by atoms with Gasteiger partial charge in [-0.05, 0) is 24.6 Å². The molecule has 5 heteroatoms. The second kappa shape index (κ2) is 5.70. The summed E-state index contributed by atoms with van der Waals surface area (Å²) in [5.41, 5.74) is 0.379. The van der Waals surface area contributed by atoms with Crippen LogP contribution in [0.3, 0.4) is 0 Å². The molecule has 0 saturated heterocycles. The largest absolute Gasteiger partial charge is 0.432 e. The number of ether oxygens (including phenoxy) is 1. The van der Waals surface area contributed by atoms with Gasteiger partial charge in [0, 0.05) is 4.90 Å². The summed E-state index contributed by atoms with van der Waals surface area (Å²) < 4.78 is 28.5. The van der Waals surface area contributed by atoms with Gasteiger partial charge in [-0.1, -0.05) is 13.0 Å². The highest BCUT2D eigenvalue weighted by atomic mass is 32.2. The van der Waals surface area contributed by atoms with Crippen LogP contribution in [0.15, 0.2) is 28.1 Å². The number of para-hydroxylation sites is 1. The van der Waals surface area contributed by atoms with E-state index in [9.17, 15) is 8.78 Å². The molecule has 0 spiro atoms. The summed E-state index contributed by atoms with van der Waals surface area (Å²) in [5.74, 6) is 0.902. The molecule has 0 aromatic heterocycles. The van der Waals surface area contributed by atoms with Gasteiger partial charge in [0.15, 0.2) is 5.75 Å². The van der Waals surface area contributed by atoms with Gasteiger partial charge in [0.2, 0.25) is 0 Å². The van der Waals surface area contributed by atoms with Crippen molar-refractivity contribution in [2.24, 2.45) is 4.99 Å². The maximum atomic E-state index is 12.1. The highest BCUT2D eigenvalue weighted by Gasteiger charge is 2.11. The number of hydrogen-bond donors (Lipinski definition) is 0. The number of halogens is 2. The van der Waals surface area contributed by atoms with Crippen LogP contribution in [0.1, 0.15) is 6.92 Å². The Morgan fingerprint density at radius 2 is 2.27 bits per heavy atom. The predicted molar refractivity (Wildman–Crippen MR) is 58.7 cm³/mol. The van der Waals surface area contributed by atoms with E-state index in [1.165, 1.54) is 17.8 Å². The van der Waals surface area contributed by atoms with E-state index in [0.717, 1.165) is 10.6 Å². The van der Waals surface area contributed by atoms with Gasteiger partial charge in [0.25, 0.3) is 0 Å². The van der Waals surface area contributed by atoms with Crippen molar-refractivity contribution in [3.8, 4) is 5.75 Å². The van der Waals surface area contributed by atoms with Crippen molar-refractivity contribution in [3.63, 3.8) is 0 Å². The molecule has 0 bridgehead atoms. The van der Waals surface area contributed by atoms with Crippen LogP contribution in [0.25, 0.3) is 0 Å². The number of aliphatic imine (C=N–C) groups is 1. The predicted octanol–water partition coefficient (Wildman–Crippen LogP) is 3.73. The lowest BCUT2D eigenvalue weighted by atomic mass is 10.3. The maximum absolute atomic E-state index is 12.1. The normalized spacial score (nSPS) is 10.4. The van der Waals surface area contributed by atoms with Gasteiger partial charge >= 0.3 is 6.61 Å². The molecule has 2 nitrogen and oxygen atoms in total. The molecule has 1 aromatic rings. The number of hydrogen-bond acceptors (Lipinski definition) is 3. The van der Waals surface area contributed by atoms with Crippen LogP contribution in [-0.4, -0.2) is 19.1 Å². The third-order valence-electron chi connectivity index (χ3n) is 1.64. The minimum absolute atomic E-state index is 0.0680. The van der Waals surface area contributed by atoms with Crippen LogP contribution in [0, 0.1) is 0 Å². The fourth-order valence-electron chi connectivity index (χ4n) is 1.12. The Morgan fingerprint density at radius 1 is 1.53 bits per heavy atom. The van der Waals surface area contributed by atoms with E-state index in [2.05, 4.69) is 16.4 Å². The monoisotopic (exact) mass is 231 g/mol. The van der Waals surface area contributed by atoms with E-state index in [-0.39, 0.29) is 5.75 Å². The average molecular weight is 231 g/mol. The van der Waals surface area contributed by atoms with Crippen LogP contribution < -0.4 is 4.74 Å². The van der Waals surface area contributed by atoms with Crippen molar-refractivity contribution in [1.29, 1.82) is 0 Å². The van der Waals surface area contributed by atoms with E-state index in [0.29, 0.717) is 5.69 Å². The first-order valence-electron chi connectivity index (χ1n) is 4.36. The van der Waals surface area contributed by atoms with Crippen molar-refractivity contribution in [1.82, 2.24) is 0 Å². The Kier molecular flexibility index (Phi) is 4.55. The van der Waals surface area contributed by atoms with Crippen molar-refractivity contribution >= 4 is 24.2 Å². The van der Waals surface area contributed by atoms with E-state index in [4.69, 9.17) is 0 Å². The quantitative estimate of drug-likeness (QED) is 0.569. The van der Waals surface area contributed by atoms with Gasteiger partial charge in [-0.2, -0.15) is 8.78 Å².